The molecule has 0 amide bonds. The third-order valence-corrected chi connectivity index (χ3v) is 3.59. The van der Waals surface area contributed by atoms with E-state index >= 15 is 0 Å². The first kappa shape index (κ1) is 15.4. The first-order chi connectivity index (χ1) is 9.97. The van der Waals surface area contributed by atoms with E-state index in [0.717, 1.165) is 24.3 Å². The van der Waals surface area contributed by atoms with Gasteiger partial charge < -0.3 is 10.5 Å². The van der Waals surface area contributed by atoms with Crippen molar-refractivity contribution in [2.45, 2.75) is 39.0 Å². The molecule has 2 aromatic rings. The fourth-order valence-corrected chi connectivity index (χ4v) is 2.25. The zero-order valence-electron chi connectivity index (χ0n) is 13.2. The molecular weight excluding hydrogens is 258 g/mol. The van der Waals surface area contributed by atoms with Crippen LogP contribution in [-0.2, 0) is 11.8 Å². The molecule has 2 heteroatoms. The highest BCUT2D eigenvalue weighted by Gasteiger charge is 2.14. The number of aryl methyl sites for hydroxylation is 1. The standard InChI is InChI=1S/C19H25NO/c1-19(2,3)16-11-12-18(17(20)14-16)21-13-7-10-15-8-5-4-6-9-15/h4-6,8-9,11-12,14H,7,10,13,20H2,1-3H3. The summed E-state index contributed by atoms with van der Waals surface area (Å²) in [5, 5.41) is 0. The number of rotatable bonds is 5. The van der Waals surface area contributed by atoms with Crippen molar-refractivity contribution in [2.24, 2.45) is 0 Å². The maximum Gasteiger partial charge on any atom is 0.142 e. The smallest absolute Gasteiger partial charge is 0.142 e. The minimum absolute atomic E-state index is 0.111. The number of anilines is 1. The van der Waals surface area contributed by atoms with Crippen molar-refractivity contribution in [1.82, 2.24) is 0 Å². The zero-order chi connectivity index (χ0) is 15.3. The molecule has 0 bridgehead atoms. The van der Waals surface area contributed by atoms with E-state index in [2.05, 4.69) is 51.1 Å². The summed E-state index contributed by atoms with van der Waals surface area (Å²) in [6.07, 6.45) is 2.02. The van der Waals surface area contributed by atoms with Gasteiger partial charge >= 0.3 is 0 Å². The Kier molecular flexibility index (Phi) is 4.89. The Balaban J connectivity index is 1.86. The first-order valence-corrected chi connectivity index (χ1v) is 7.53. The minimum atomic E-state index is 0.111. The number of hydrogen-bond donors (Lipinski definition) is 1. The van der Waals surface area contributed by atoms with Crippen molar-refractivity contribution in [3.63, 3.8) is 0 Å². The van der Waals surface area contributed by atoms with Gasteiger partial charge in [-0.3, -0.25) is 0 Å². The summed E-state index contributed by atoms with van der Waals surface area (Å²) < 4.78 is 5.80. The van der Waals surface area contributed by atoms with E-state index in [1.54, 1.807) is 0 Å². The van der Waals surface area contributed by atoms with Crippen molar-refractivity contribution in [2.75, 3.05) is 12.3 Å². The number of benzene rings is 2. The summed E-state index contributed by atoms with van der Waals surface area (Å²) in [6.45, 7) is 7.24. The van der Waals surface area contributed by atoms with E-state index < -0.39 is 0 Å². The lowest BCUT2D eigenvalue weighted by molar-refractivity contribution is 0.312. The van der Waals surface area contributed by atoms with Gasteiger partial charge in [0.1, 0.15) is 5.75 Å². The van der Waals surface area contributed by atoms with Gasteiger partial charge in [0, 0.05) is 0 Å². The predicted molar refractivity (Wildman–Crippen MR) is 89.8 cm³/mol. The number of ether oxygens (including phenoxy) is 1. The second-order valence-corrected chi connectivity index (χ2v) is 6.44. The lowest BCUT2D eigenvalue weighted by Crippen LogP contribution is -2.12. The van der Waals surface area contributed by atoms with Gasteiger partial charge in [0.25, 0.3) is 0 Å². The molecule has 0 saturated carbocycles. The highest BCUT2D eigenvalue weighted by molar-refractivity contribution is 5.55. The molecule has 2 aromatic carbocycles. The van der Waals surface area contributed by atoms with Crippen LogP contribution in [0.4, 0.5) is 5.69 Å². The van der Waals surface area contributed by atoms with E-state index in [0.29, 0.717) is 6.61 Å². The molecule has 2 rings (SSSR count). The molecule has 2 N–H and O–H groups in total. The number of nitrogens with two attached hydrogens (primary N) is 1. The third kappa shape index (κ3) is 4.52. The summed E-state index contributed by atoms with van der Waals surface area (Å²) in [4.78, 5) is 0. The van der Waals surface area contributed by atoms with E-state index in [1.165, 1.54) is 11.1 Å². The SMILES string of the molecule is CC(C)(C)c1ccc(OCCCc2ccccc2)c(N)c1. The Hall–Kier alpha value is -1.96. The predicted octanol–water partition coefficient (Wildman–Crippen LogP) is 4.58. The molecule has 0 heterocycles. The number of hydrogen-bond acceptors (Lipinski definition) is 2. The van der Waals surface area contributed by atoms with Gasteiger partial charge in [-0.05, 0) is 41.5 Å². The fraction of sp³-hybridized carbons (Fsp3) is 0.368. The fourth-order valence-electron chi connectivity index (χ4n) is 2.25. The van der Waals surface area contributed by atoms with Crippen LogP contribution in [-0.4, -0.2) is 6.61 Å². The second kappa shape index (κ2) is 6.66. The Morgan fingerprint density at radius 3 is 2.33 bits per heavy atom. The van der Waals surface area contributed by atoms with E-state index in [1.807, 2.05) is 18.2 Å². The molecule has 0 saturated heterocycles. The molecule has 0 aromatic heterocycles. The molecule has 0 aliphatic rings. The molecule has 0 aliphatic heterocycles. The maximum absolute atomic E-state index is 6.09. The van der Waals surface area contributed by atoms with Crippen molar-refractivity contribution in [1.29, 1.82) is 0 Å². The van der Waals surface area contributed by atoms with Crippen LogP contribution < -0.4 is 10.5 Å². The summed E-state index contributed by atoms with van der Waals surface area (Å²) in [6, 6.07) is 16.6. The molecule has 0 aliphatic carbocycles. The van der Waals surface area contributed by atoms with Crippen LogP contribution in [0.3, 0.4) is 0 Å². The van der Waals surface area contributed by atoms with Gasteiger partial charge in [-0.25, -0.2) is 0 Å². The van der Waals surface area contributed by atoms with Gasteiger partial charge in [-0.15, -0.1) is 0 Å². The lowest BCUT2D eigenvalue weighted by Gasteiger charge is -2.20. The van der Waals surface area contributed by atoms with Gasteiger partial charge in [0.15, 0.2) is 0 Å². The topological polar surface area (TPSA) is 35.2 Å². The van der Waals surface area contributed by atoms with Gasteiger partial charge in [-0.2, -0.15) is 0 Å². The molecule has 112 valence electrons. The molecule has 0 fully saturated rings. The average molecular weight is 283 g/mol. The van der Waals surface area contributed by atoms with Crippen LogP contribution in [0.1, 0.15) is 38.3 Å². The average Bonchev–Trinajstić information content (AvgIpc) is 2.45. The molecule has 0 spiro atoms. The van der Waals surface area contributed by atoms with E-state index in [4.69, 9.17) is 10.5 Å². The largest absolute Gasteiger partial charge is 0.491 e. The first-order valence-electron chi connectivity index (χ1n) is 7.53. The lowest BCUT2D eigenvalue weighted by atomic mass is 9.87. The molecule has 0 atom stereocenters. The summed E-state index contributed by atoms with van der Waals surface area (Å²) in [5.74, 6) is 0.788. The maximum atomic E-state index is 6.09. The monoisotopic (exact) mass is 283 g/mol. The summed E-state index contributed by atoms with van der Waals surface area (Å²) >= 11 is 0. The van der Waals surface area contributed by atoms with Crippen LogP contribution in [0.2, 0.25) is 0 Å². The Morgan fingerprint density at radius 1 is 1.00 bits per heavy atom. The Morgan fingerprint density at radius 2 is 1.71 bits per heavy atom. The highest BCUT2D eigenvalue weighted by atomic mass is 16.5. The minimum Gasteiger partial charge on any atom is -0.491 e. The second-order valence-electron chi connectivity index (χ2n) is 6.44. The molecular formula is C19H25NO. The quantitative estimate of drug-likeness (QED) is 0.644. The zero-order valence-corrected chi connectivity index (χ0v) is 13.2. The van der Waals surface area contributed by atoms with Crippen LogP contribution in [0.15, 0.2) is 48.5 Å². The van der Waals surface area contributed by atoms with Crippen molar-refractivity contribution in [3.05, 3.63) is 59.7 Å². The molecule has 0 unspecified atom stereocenters. The van der Waals surface area contributed by atoms with E-state index in [9.17, 15) is 0 Å². The molecule has 21 heavy (non-hydrogen) atoms. The van der Waals surface area contributed by atoms with Crippen LogP contribution in [0.5, 0.6) is 5.75 Å². The Bertz CT molecular complexity index is 570. The Labute approximate surface area is 127 Å². The summed E-state index contributed by atoms with van der Waals surface area (Å²) in [7, 11) is 0. The van der Waals surface area contributed by atoms with Crippen LogP contribution in [0.25, 0.3) is 0 Å². The van der Waals surface area contributed by atoms with Crippen molar-refractivity contribution in [3.8, 4) is 5.75 Å². The normalized spacial score (nSPS) is 11.4. The molecule has 2 nitrogen and oxygen atoms in total. The van der Waals surface area contributed by atoms with Gasteiger partial charge in [0.05, 0.1) is 12.3 Å². The third-order valence-electron chi connectivity index (χ3n) is 3.59. The van der Waals surface area contributed by atoms with E-state index in [-0.39, 0.29) is 5.41 Å². The van der Waals surface area contributed by atoms with Gasteiger partial charge in [-0.1, -0.05) is 57.2 Å². The highest BCUT2D eigenvalue weighted by Crippen LogP contribution is 2.29. The van der Waals surface area contributed by atoms with Gasteiger partial charge in [0.2, 0.25) is 0 Å². The van der Waals surface area contributed by atoms with Crippen molar-refractivity contribution < 1.29 is 4.74 Å². The van der Waals surface area contributed by atoms with Crippen LogP contribution in [0, 0.1) is 0 Å². The summed E-state index contributed by atoms with van der Waals surface area (Å²) in [5.41, 5.74) is 9.50. The van der Waals surface area contributed by atoms with Crippen LogP contribution >= 0.6 is 0 Å². The van der Waals surface area contributed by atoms with Crippen molar-refractivity contribution >= 4 is 5.69 Å². The molecule has 0 radical (unpaired) electrons. The number of nitrogen functional groups attached to an aromatic ring is 1.